The number of nitrogens with zero attached hydrogens (tertiary/aromatic N) is 4. The zero-order valence-electron chi connectivity index (χ0n) is 21.8. The summed E-state index contributed by atoms with van der Waals surface area (Å²) in [4.78, 5) is 4.31. The molecule has 0 saturated heterocycles. The summed E-state index contributed by atoms with van der Waals surface area (Å²) in [5.74, 6) is -0.00216. The zero-order valence-corrected chi connectivity index (χ0v) is 23.3. The minimum absolute atomic E-state index is 0.242. The fraction of sp³-hybridized carbons (Fsp3) is 0.172. The first-order valence-corrected chi connectivity index (χ1v) is 14.4. The molecule has 1 N–H and O–H groups in total. The third-order valence-electron chi connectivity index (χ3n) is 6.48. The Kier molecular flexibility index (Phi) is 6.92. The van der Waals surface area contributed by atoms with Crippen LogP contribution in [0.3, 0.4) is 0 Å². The fourth-order valence-corrected chi connectivity index (χ4v) is 5.80. The van der Waals surface area contributed by atoms with Crippen molar-refractivity contribution in [3.63, 3.8) is 0 Å². The third-order valence-corrected chi connectivity index (χ3v) is 7.90. The molecular formula is C29H26ClFN4O3S. The highest BCUT2D eigenvalue weighted by Gasteiger charge is 2.21. The largest absolute Gasteiger partial charge is 0.392 e. The number of halogens is 2. The van der Waals surface area contributed by atoms with Crippen molar-refractivity contribution in [1.29, 1.82) is 0 Å². The Hall–Kier alpha value is -3.79. The van der Waals surface area contributed by atoms with Gasteiger partial charge >= 0.3 is 0 Å². The lowest BCUT2D eigenvalue weighted by molar-refractivity contribution is 0.272. The van der Waals surface area contributed by atoms with Gasteiger partial charge in [-0.25, -0.2) is 22.5 Å². The SMILES string of the molecule is Cc1cn(-c2ccc(-c3cc(F)c(CO)c(S(C)(=O)=O)c3)cc2-c2cc(C)nn2-c2ccc(Cl)cc2)c(C)n1. The predicted molar refractivity (Wildman–Crippen MR) is 150 cm³/mol. The number of rotatable bonds is 6. The van der Waals surface area contributed by atoms with Crippen LogP contribution < -0.4 is 0 Å². The predicted octanol–water partition coefficient (Wildman–Crippen LogP) is 6.01. The molecule has 5 rings (SSSR count). The molecule has 3 aromatic carbocycles. The molecule has 0 saturated carbocycles. The van der Waals surface area contributed by atoms with Crippen molar-refractivity contribution in [2.75, 3.05) is 6.26 Å². The van der Waals surface area contributed by atoms with E-state index in [2.05, 4.69) is 4.98 Å². The maximum absolute atomic E-state index is 15.0. The highest BCUT2D eigenvalue weighted by atomic mass is 35.5. The summed E-state index contributed by atoms with van der Waals surface area (Å²) in [5, 5.41) is 15.0. The molecule has 10 heteroatoms. The molecule has 0 bridgehead atoms. The van der Waals surface area contributed by atoms with Crippen molar-refractivity contribution in [3.8, 4) is 33.8 Å². The molecule has 2 heterocycles. The molecule has 0 fully saturated rings. The molecule has 0 aliphatic heterocycles. The number of hydrogen-bond acceptors (Lipinski definition) is 5. The molecule has 5 aromatic rings. The quantitative estimate of drug-likeness (QED) is 0.273. The number of benzene rings is 3. The van der Waals surface area contributed by atoms with Gasteiger partial charge in [-0.15, -0.1) is 0 Å². The van der Waals surface area contributed by atoms with Crippen LogP contribution >= 0.6 is 11.6 Å². The van der Waals surface area contributed by atoms with Gasteiger partial charge in [0.2, 0.25) is 0 Å². The second kappa shape index (κ2) is 10.1. The number of aromatic nitrogens is 4. The summed E-state index contributed by atoms with van der Waals surface area (Å²) in [6.07, 6.45) is 2.93. The van der Waals surface area contributed by atoms with Gasteiger partial charge in [-0.3, -0.25) is 0 Å². The highest BCUT2D eigenvalue weighted by molar-refractivity contribution is 7.90. The number of aliphatic hydroxyl groups excluding tert-OH is 1. The van der Waals surface area contributed by atoms with E-state index in [0.717, 1.165) is 46.1 Å². The van der Waals surface area contributed by atoms with Gasteiger partial charge in [0.25, 0.3) is 0 Å². The fourth-order valence-electron chi connectivity index (χ4n) is 4.73. The molecule has 0 amide bonds. The summed E-state index contributed by atoms with van der Waals surface area (Å²) in [6.45, 7) is 5.00. The van der Waals surface area contributed by atoms with Crippen LogP contribution in [0.4, 0.5) is 4.39 Å². The van der Waals surface area contributed by atoms with Crippen molar-refractivity contribution >= 4 is 21.4 Å². The average molecular weight is 565 g/mol. The molecule has 0 aliphatic rings. The lowest BCUT2D eigenvalue weighted by atomic mass is 9.98. The van der Waals surface area contributed by atoms with Crippen LogP contribution in [0.15, 0.2) is 71.8 Å². The minimum atomic E-state index is -3.80. The zero-order chi connectivity index (χ0) is 28.1. The van der Waals surface area contributed by atoms with Crippen molar-refractivity contribution in [2.24, 2.45) is 0 Å². The van der Waals surface area contributed by atoms with E-state index in [-0.39, 0.29) is 10.5 Å². The van der Waals surface area contributed by atoms with Crippen molar-refractivity contribution < 1.29 is 17.9 Å². The molecule has 0 radical (unpaired) electrons. The number of aliphatic hydroxyl groups is 1. The van der Waals surface area contributed by atoms with Gasteiger partial charge in [-0.05, 0) is 86.5 Å². The smallest absolute Gasteiger partial charge is 0.176 e. The first kappa shape index (κ1) is 26.8. The minimum Gasteiger partial charge on any atom is -0.392 e. The van der Waals surface area contributed by atoms with Gasteiger partial charge in [0.05, 0.1) is 40.0 Å². The standard InChI is InChI=1S/C29H26ClFN4O3S/c1-17-11-28(35(33-17)23-8-6-22(30)7-9-23)24-12-20(5-10-27(24)34-15-18(2)32-19(34)3)21-13-26(31)25(16-36)29(14-21)39(4,37)38/h5-15,36H,16H2,1-4H3. The number of imidazole rings is 1. The Labute approximate surface area is 231 Å². The van der Waals surface area contributed by atoms with E-state index in [1.807, 2.05) is 72.6 Å². The van der Waals surface area contributed by atoms with Crippen LogP contribution in [0.2, 0.25) is 5.02 Å². The second-order valence-electron chi connectivity index (χ2n) is 9.46. The molecule has 200 valence electrons. The van der Waals surface area contributed by atoms with E-state index in [0.29, 0.717) is 16.1 Å². The Morgan fingerprint density at radius 1 is 0.949 bits per heavy atom. The van der Waals surface area contributed by atoms with Crippen molar-refractivity contribution in [3.05, 3.63) is 100 Å². The van der Waals surface area contributed by atoms with Crippen LogP contribution in [-0.2, 0) is 16.4 Å². The second-order valence-corrected chi connectivity index (χ2v) is 11.9. The van der Waals surface area contributed by atoms with E-state index in [1.165, 1.54) is 12.1 Å². The molecule has 0 unspecified atom stereocenters. The topological polar surface area (TPSA) is 90.0 Å². The number of sulfone groups is 1. The Bertz CT molecular complexity index is 1830. The van der Waals surface area contributed by atoms with Gasteiger partial charge in [0.1, 0.15) is 11.6 Å². The molecule has 2 aromatic heterocycles. The van der Waals surface area contributed by atoms with Crippen molar-refractivity contribution in [2.45, 2.75) is 32.3 Å². The normalized spacial score (nSPS) is 11.8. The maximum atomic E-state index is 15.0. The Balaban J connectivity index is 1.79. The first-order valence-electron chi connectivity index (χ1n) is 12.1. The van der Waals surface area contributed by atoms with Crippen LogP contribution in [0.5, 0.6) is 0 Å². The Morgan fingerprint density at radius 3 is 2.28 bits per heavy atom. The van der Waals surface area contributed by atoms with Gasteiger partial charge in [0, 0.05) is 28.6 Å². The lowest BCUT2D eigenvalue weighted by Crippen LogP contribution is -2.06. The van der Waals surface area contributed by atoms with Crippen LogP contribution in [0.25, 0.3) is 33.8 Å². The van der Waals surface area contributed by atoms with E-state index in [1.54, 1.807) is 12.1 Å². The van der Waals surface area contributed by atoms with E-state index in [4.69, 9.17) is 16.7 Å². The summed E-state index contributed by atoms with van der Waals surface area (Å²) in [5.41, 5.74) is 5.52. The monoisotopic (exact) mass is 564 g/mol. The summed E-state index contributed by atoms with van der Waals surface area (Å²) in [6, 6.07) is 17.5. The lowest BCUT2D eigenvalue weighted by Gasteiger charge is -2.17. The maximum Gasteiger partial charge on any atom is 0.176 e. The molecular weight excluding hydrogens is 539 g/mol. The van der Waals surface area contributed by atoms with Crippen LogP contribution in [0, 0.1) is 26.6 Å². The van der Waals surface area contributed by atoms with Gasteiger partial charge in [-0.2, -0.15) is 5.10 Å². The first-order chi connectivity index (χ1) is 18.5. The van der Waals surface area contributed by atoms with Gasteiger partial charge in [0.15, 0.2) is 9.84 Å². The van der Waals surface area contributed by atoms with E-state index in [9.17, 15) is 13.5 Å². The summed E-state index contributed by atoms with van der Waals surface area (Å²) in [7, 11) is -3.80. The molecule has 0 atom stereocenters. The molecule has 7 nitrogen and oxygen atoms in total. The number of aryl methyl sites for hydroxylation is 3. The van der Waals surface area contributed by atoms with Gasteiger partial charge in [-0.1, -0.05) is 17.7 Å². The van der Waals surface area contributed by atoms with Crippen molar-refractivity contribution in [1.82, 2.24) is 19.3 Å². The number of hydrogen-bond donors (Lipinski definition) is 1. The van der Waals surface area contributed by atoms with Crippen LogP contribution in [0.1, 0.15) is 22.8 Å². The molecule has 0 spiro atoms. The van der Waals surface area contributed by atoms with Gasteiger partial charge < -0.3 is 9.67 Å². The van der Waals surface area contributed by atoms with E-state index >= 15 is 4.39 Å². The molecule has 0 aliphatic carbocycles. The molecule has 39 heavy (non-hydrogen) atoms. The highest BCUT2D eigenvalue weighted by Crippen LogP contribution is 2.36. The summed E-state index contributed by atoms with van der Waals surface area (Å²) < 4.78 is 43.7. The van der Waals surface area contributed by atoms with E-state index < -0.39 is 22.3 Å². The Morgan fingerprint density at radius 2 is 1.67 bits per heavy atom. The average Bonchev–Trinajstić information content (AvgIpc) is 3.43. The summed E-state index contributed by atoms with van der Waals surface area (Å²) >= 11 is 6.12. The third kappa shape index (κ3) is 5.13. The van der Waals surface area contributed by atoms with Crippen LogP contribution in [-0.4, -0.2) is 39.1 Å².